The van der Waals surface area contributed by atoms with Gasteiger partial charge in [-0.15, -0.1) is 0 Å². The first-order chi connectivity index (χ1) is 8.99. The highest BCUT2D eigenvalue weighted by Gasteiger charge is 2.32. The number of hydrogen-bond donors (Lipinski definition) is 1. The van der Waals surface area contributed by atoms with E-state index >= 15 is 0 Å². The number of carboxylic acids is 1. The van der Waals surface area contributed by atoms with E-state index in [9.17, 15) is 14.7 Å². The molecule has 1 amide bonds. The molecule has 1 N–H and O–H groups in total. The summed E-state index contributed by atoms with van der Waals surface area (Å²) < 4.78 is 1.56. The fourth-order valence-electron chi connectivity index (χ4n) is 1.89. The van der Waals surface area contributed by atoms with Gasteiger partial charge in [-0.2, -0.15) is 11.8 Å². The number of hydrogen-bond acceptors (Lipinski definition) is 3. The highest BCUT2D eigenvalue weighted by molar-refractivity contribution is 9.11. The van der Waals surface area contributed by atoms with Gasteiger partial charge in [0, 0.05) is 32.6 Å². The first-order valence-corrected chi connectivity index (χ1v) is 8.30. The molecule has 0 spiro atoms. The Kier molecular flexibility index (Phi) is 4.92. The van der Waals surface area contributed by atoms with E-state index in [4.69, 9.17) is 0 Å². The fraction of sp³-hybridized carbons (Fsp3) is 0.333. The third-order valence-electron chi connectivity index (χ3n) is 2.78. The van der Waals surface area contributed by atoms with E-state index in [2.05, 4.69) is 31.9 Å². The average Bonchev–Trinajstić information content (AvgIpc) is 2.36. The lowest BCUT2D eigenvalue weighted by molar-refractivity contribution is -0.141. The van der Waals surface area contributed by atoms with E-state index < -0.39 is 12.0 Å². The second-order valence-corrected chi connectivity index (χ2v) is 7.07. The Hall–Kier alpha value is -0.530. The van der Waals surface area contributed by atoms with Gasteiger partial charge in [0.2, 0.25) is 0 Å². The normalized spacial score (nSPS) is 19.3. The fourth-order valence-corrected chi connectivity index (χ4v) is 4.23. The maximum atomic E-state index is 12.4. The van der Waals surface area contributed by atoms with Gasteiger partial charge >= 0.3 is 5.97 Å². The molecule has 7 heteroatoms. The molecule has 19 heavy (non-hydrogen) atoms. The summed E-state index contributed by atoms with van der Waals surface area (Å²) in [7, 11) is 0. The van der Waals surface area contributed by atoms with Crippen LogP contribution in [0.3, 0.4) is 0 Å². The number of carboxylic acid groups (broad SMARTS) is 1. The Morgan fingerprint density at radius 3 is 2.47 bits per heavy atom. The van der Waals surface area contributed by atoms with Gasteiger partial charge < -0.3 is 10.0 Å². The molecular weight excluding hydrogens is 398 g/mol. The number of nitrogens with zero attached hydrogens (tertiary/aromatic N) is 1. The molecule has 1 atom stereocenters. The molecule has 1 saturated heterocycles. The van der Waals surface area contributed by atoms with Crippen LogP contribution in [-0.4, -0.2) is 46.0 Å². The standard InChI is InChI=1S/C12H11Br2NO3S/c13-8-3-7(4-9(14)5-8)11(16)15-1-2-19-6-10(15)12(17)18/h3-5,10H,1-2,6H2,(H,17,18). The number of carbonyl (C=O) groups is 2. The third-order valence-corrected chi connectivity index (χ3v) is 4.72. The highest BCUT2D eigenvalue weighted by Crippen LogP contribution is 2.24. The van der Waals surface area contributed by atoms with Crippen LogP contribution < -0.4 is 0 Å². The van der Waals surface area contributed by atoms with E-state index in [1.807, 2.05) is 6.07 Å². The van der Waals surface area contributed by atoms with Gasteiger partial charge in [0.05, 0.1) is 0 Å². The Morgan fingerprint density at radius 1 is 1.26 bits per heavy atom. The molecule has 0 radical (unpaired) electrons. The number of rotatable bonds is 2. The Labute approximate surface area is 131 Å². The SMILES string of the molecule is O=C(O)C1CSCCN1C(=O)c1cc(Br)cc(Br)c1. The zero-order valence-corrected chi connectivity index (χ0v) is 13.8. The van der Waals surface area contributed by atoms with Gasteiger partial charge in [0.1, 0.15) is 6.04 Å². The molecule has 1 heterocycles. The molecule has 1 fully saturated rings. The second-order valence-electron chi connectivity index (χ2n) is 4.09. The van der Waals surface area contributed by atoms with E-state index in [1.165, 1.54) is 4.90 Å². The molecule has 2 rings (SSSR count). The number of thioether (sulfide) groups is 1. The van der Waals surface area contributed by atoms with Crippen LogP contribution in [0.25, 0.3) is 0 Å². The van der Waals surface area contributed by atoms with Crippen LogP contribution in [0.1, 0.15) is 10.4 Å². The summed E-state index contributed by atoms with van der Waals surface area (Å²) in [5, 5.41) is 9.19. The van der Waals surface area contributed by atoms with Crippen molar-refractivity contribution < 1.29 is 14.7 Å². The molecule has 0 aliphatic carbocycles. The lowest BCUT2D eigenvalue weighted by Gasteiger charge is -2.32. The van der Waals surface area contributed by atoms with Crippen LogP contribution >= 0.6 is 43.6 Å². The maximum absolute atomic E-state index is 12.4. The minimum absolute atomic E-state index is 0.241. The van der Waals surface area contributed by atoms with E-state index in [-0.39, 0.29) is 5.91 Å². The van der Waals surface area contributed by atoms with Crippen LogP contribution in [0, 0.1) is 0 Å². The number of halogens is 2. The van der Waals surface area contributed by atoms with Crippen LogP contribution in [0.2, 0.25) is 0 Å². The molecule has 0 aromatic heterocycles. The largest absolute Gasteiger partial charge is 0.480 e. The average molecular weight is 409 g/mol. The summed E-state index contributed by atoms with van der Waals surface area (Å²) in [6.45, 7) is 0.463. The number of aliphatic carboxylic acids is 1. The van der Waals surface area contributed by atoms with Crippen LogP contribution in [0.15, 0.2) is 27.1 Å². The summed E-state index contributed by atoms with van der Waals surface area (Å²) in [6, 6.07) is 4.49. The zero-order valence-electron chi connectivity index (χ0n) is 9.81. The molecule has 102 valence electrons. The van der Waals surface area contributed by atoms with Crippen molar-refractivity contribution in [2.45, 2.75) is 6.04 Å². The van der Waals surface area contributed by atoms with Crippen molar-refractivity contribution in [2.24, 2.45) is 0 Å². The van der Waals surface area contributed by atoms with Gasteiger partial charge in [0.25, 0.3) is 5.91 Å². The van der Waals surface area contributed by atoms with Crippen LogP contribution in [0.4, 0.5) is 0 Å². The summed E-state index contributed by atoms with van der Waals surface area (Å²) >= 11 is 8.22. The first kappa shape index (κ1) is 14.9. The summed E-state index contributed by atoms with van der Waals surface area (Å²) in [5.74, 6) is 0.0188. The van der Waals surface area contributed by atoms with Crippen molar-refractivity contribution in [2.75, 3.05) is 18.1 Å². The lowest BCUT2D eigenvalue weighted by atomic mass is 10.1. The predicted molar refractivity (Wildman–Crippen MR) is 81.6 cm³/mol. The van der Waals surface area contributed by atoms with Crippen LogP contribution in [-0.2, 0) is 4.79 Å². The van der Waals surface area contributed by atoms with Crippen molar-refractivity contribution in [3.8, 4) is 0 Å². The van der Waals surface area contributed by atoms with Crippen LogP contribution in [0.5, 0.6) is 0 Å². The van der Waals surface area contributed by atoms with Crippen molar-refractivity contribution >= 4 is 55.5 Å². The Bertz CT molecular complexity index is 503. The number of carbonyl (C=O) groups excluding carboxylic acids is 1. The molecule has 1 aliphatic heterocycles. The molecule has 1 aromatic rings. The third kappa shape index (κ3) is 3.52. The highest BCUT2D eigenvalue weighted by atomic mass is 79.9. The summed E-state index contributed by atoms with van der Waals surface area (Å²) in [4.78, 5) is 25.1. The molecule has 0 bridgehead atoms. The molecule has 0 saturated carbocycles. The Balaban J connectivity index is 2.28. The maximum Gasteiger partial charge on any atom is 0.327 e. The van der Waals surface area contributed by atoms with Crippen molar-refractivity contribution in [3.05, 3.63) is 32.7 Å². The monoisotopic (exact) mass is 407 g/mol. The lowest BCUT2D eigenvalue weighted by Crippen LogP contribution is -2.50. The molecule has 1 aromatic carbocycles. The van der Waals surface area contributed by atoms with Crippen molar-refractivity contribution in [3.63, 3.8) is 0 Å². The Morgan fingerprint density at radius 2 is 1.89 bits per heavy atom. The number of amides is 1. The molecule has 4 nitrogen and oxygen atoms in total. The van der Waals surface area contributed by atoms with Gasteiger partial charge in [-0.1, -0.05) is 31.9 Å². The topological polar surface area (TPSA) is 57.6 Å². The quantitative estimate of drug-likeness (QED) is 0.817. The molecule has 1 unspecified atom stereocenters. The minimum Gasteiger partial charge on any atom is -0.480 e. The minimum atomic E-state index is -0.949. The van der Waals surface area contributed by atoms with Gasteiger partial charge in [-0.05, 0) is 18.2 Å². The van der Waals surface area contributed by atoms with Gasteiger partial charge in [0.15, 0.2) is 0 Å². The second kappa shape index (κ2) is 6.28. The summed E-state index contributed by atoms with van der Waals surface area (Å²) in [6.07, 6.45) is 0. The number of benzene rings is 1. The van der Waals surface area contributed by atoms with Crippen molar-refractivity contribution in [1.29, 1.82) is 0 Å². The van der Waals surface area contributed by atoms with E-state index in [0.717, 1.165) is 14.7 Å². The summed E-state index contributed by atoms with van der Waals surface area (Å²) in [5.41, 5.74) is 0.486. The smallest absolute Gasteiger partial charge is 0.327 e. The van der Waals surface area contributed by atoms with Gasteiger partial charge in [-0.25, -0.2) is 4.79 Å². The van der Waals surface area contributed by atoms with E-state index in [1.54, 1.807) is 23.9 Å². The van der Waals surface area contributed by atoms with E-state index in [0.29, 0.717) is 17.9 Å². The molecular formula is C12H11Br2NO3S. The zero-order chi connectivity index (χ0) is 14.0. The van der Waals surface area contributed by atoms with Crippen molar-refractivity contribution in [1.82, 2.24) is 4.90 Å². The predicted octanol–water partition coefficient (Wildman–Crippen LogP) is 2.85. The molecule has 1 aliphatic rings. The first-order valence-electron chi connectivity index (χ1n) is 5.56. The van der Waals surface area contributed by atoms with Gasteiger partial charge in [-0.3, -0.25) is 4.79 Å².